The summed E-state index contributed by atoms with van der Waals surface area (Å²) in [6.45, 7) is -0.445. The van der Waals surface area contributed by atoms with E-state index in [4.69, 9.17) is 0 Å². The van der Waals surface area contributed by atoms with E-state index < -0.39 is 36.3 Å². The predicted octanol–water partition coefficient (Wildman–Crippen LogP) is 4.88. The maximum absolute atomic E-state index is 12.8. The van der Waals surface area contributed by atoms with Crippen LogP contribution in [0.15, 0.2) is 22.7 Å². The predicted molar refractivity (Wildman–Crippen MR) is 73.8 cm³/mol. The van der Waals surface area contributed by atoms with Gasteiger partial charge < -0.3 is 4.90 Å². The van der Waals surface area contributed by atoms with Crippen LogP contribution in [0.4, 0.5) is 26.3 Å². The first-order chi connectivity index (χ1) is 10.5. The van der Waals surface area contributed by atoms with Gasteiger partial charge in [0.25, 0.3) is 5.91 Å². The first kappa shape index (κ1) is 18.1. The van der Waals surface area contributed by atoms with Gasteiger partial charge in [0.2, 0.25) is 0 Å². The van der Waals surface area contributed by atoms with Crippen LogP contribution in [0.3, 0.4) is 0 Å². The van der Waals surface area contributed by atoms with Crippen molar-refractivity contribution in [1.29, 1.82) is 0 Å². The van der Waals surface area contributed by atoms with Gasteiger partial charge in [-0.2, -0.15) is 26.3 Å². The molecule has 9 heteroatoms. The van der Waals surface area contributed by atoms with Crippen molar-refractivity contribution in [3.05, 3.63) is 33.8 Å². The number of hydrogen-bond acceptors (Lipinski definition) is 1. The minimum absolute atomic E-state index is 0.0863. The van der Waals surface area contributed by atoms with Crippen LogP contribution in [0.25, 0.3) is 0 Å². The molecule has 1 fully saturated rings. The Morgan fingerprint density at radius 3 is 2.39 bits per heavy atom. The fourth-order valence-electron chi connectivity index (χ4n) is 2.46. The molecule has 23 heavy (non-hydrogen) atoms. The van der Waals surface area contributed by atoms with Crippen LogP contribution in [-0.2, 0) is 6.18 Å². The average Bonchev–Trinajstić information content (AvgIpc) is 2.45. The van der Waals surface area contributed by atoms with E-state index >= 15 is 0 Å². The number of likely N-dealkylation sites (tertiary alicyclic amines) is 1. The molecule has 1 aliphatic rings. The Labute approximate surface area is 136 Å². The summed E-state index contributed by atoms with van der Waals surface area (Å²) in [5, 5.41) is 0. The Balaban J connectivity index is 2.26. The van der Waals surface area contributed by atoms with Crippen molar-refractivity contribution in [1.82, 2.24) is 4.90 Å². The van der Waals surface area contributed by atoms with E-state index in [2.05, 4.69) is 15.9 Å². The maximum Gasteiger partial charge on any atom is 0.416 e. The Morgan fingerprint density at radius 1 is 1.17 bits per heavy atom. The molecule has 0 radical (unpaired) electrons. The number of halogens is 7. The Morgan fingerprint density at radius 2 is 1.83 bits per heavy atom. The van der Waals surface area contributed by atoms with E-state index in [-0.39, 0.29) is 29.4 Å². The summed E-state index contributed by atoms with van der Waals surface area (Å²) < 4.78 is 76.7. The molecule has 0 saturated carbocycles. The Hall–Kier alpha value is -1.25. The van der Waals surface area contributed by atoms with Gasteiger partial charge in [-0.3, -0.25) is 4.79 Å². The summed E-state index contributed by atoms with van der Waals surface area (Å²) in [4.78, 5) is 13.3. The topological polar surface area (TPSA) is 20.3 Å². The highest BCUT2D eigenvalue weighted by Crippen LogP contribution is 2.35. The van der Waals surface area contributed by atoms with Crippen LogP contribution in [0.5, 0.6) is 0 Å². The lowest BCUT2D eigenvalue weighted by Gasteiger charge is -2.34. The molecule has 0 N–H and O–H groups in total. The van der Waals surface area contributed by atoms with Crippen molar-refractivity contribution in [3.8, 4) is 0 Å². The number of nitrogens with zero attached hydrogens (tertiary/aromatic N) is 1. The number of hydrogen-bond donors (Lipinski definition) is 0. The van der Waals surface area contributed by atoms with Gasteiger partial charge in [0, 0.05) is 17.6 Å². The standard InChI is InChI=1S/C14H12BrF6NO/c15-11-4-3-8(13(16,17)18)6-10(11)12(23)22-5-1-2-9(7-22)14(19,20)21/h3-4,6,9H,1-2,5,7H2. The summed E-state index contributed by atoms with van der Waals surface area (Å²) in [5.74, 6) is -2.48. The quantitative estimate of drug-likeness (QED) is 0.611. The van der Waals surface area contributed by atoms with Crippen molar-refractivity contribution >= 4 is 21.8 Å². The molecule has 0 spiro atoms. The summed E-state index contributed by atoms with van der Waals surface area (Å²) in [6.07, 6.45) is -8.99. The zero-order valence-corrected chi connectivity index (χ0v) is 13.2. The number of carbonyl (C=O) groups is 1. The van der Waals surface area contributed by atoms with Gasteiger partial charge in [-0.1, -0.05) is 0 Å². The van der Waals surface area contributed by atoms with E-state index in [1.165, 1.54) is 0 Å². The molecule has 0 bridgehead atoms. The van der Waals surface area contributed by atoms with Crippen molar-refractivity contribution in [2.24, 2.45) is 5.92 Å². The van der Waals surface area contributed by atoms with Crippen molar-refractivity contribution in [2.75, 3.05) is 13.1 Å². The first-order valence-corrected chi connectivity index (χ1v) is 7.52. The second kappa shape index (κ2) is 6.33. The summed E-state index contributed by atoms with van der Waals surface area (Å²) >= 11 is 2.98. The van der Waals surface area contributed by atoms with Gasteiger partial charge in [0.05, 0.1) is 17.0 Å². The average molecular weight is 404 g/mol. The fourth-order valence-corrected chi connectivity index (χ4v) is 2.88. The molecule has 1 heterocycles. The zero-order valence-electron chi connectivity index (χ0n) is 11.6. The SMILES string of the molecule is O=C(c1cc(C(F)(F)F)ccc1Br)N1CCCC(C(F)(F)F)C1. The zero-order chi connectivity index (χ0) is 17.4. The lowest BCUT2D eigenvalue weighted by atomic mass is 9.96. The summed E-state index contributed by atoms with van der Waals surface area (Å²) in [6, 6.07) is 2.53. The number of rotatable bonds is 1. The molecular weight excluding hydrogens is 392 g/mol. The molecule has 0 aromatic heterocycles. The van der Waals surface area contributed by atoms with Gasteiger partial charge >= 0.3 is 12.4 Å². The summed E-state index contributed by atoms with van der Waals surface area (Å²) in [7, 11) is 0. The third kappa shape index (κ3) is 4.19. The normalized spacial score (nSPS) is 19.8. The molecule has 1 atom stereocenters. The number of carbonyl (C=O) groups excluding carboxylic acids is 1. The van der Waals surface area contributed by atoms with Gasteiger partial charge in [-0.05, 0) is 47.0 Å². The van der Waals surface area contributed by atoms with Gasteiger partial charge in [-0.15, -0.1) is 0 Å². The molecule has 2 nitrogen and oxygen atoms in total. The van der Waals surface area contributed by atoms with Crippen molar-refractivity contribution in [3.63, 3.8) is 0 Å². The largest absolute Gasteiger partial charge is 0.416 e. The minimum atomic E-state index is -4.63. The number of alkyl halides is 6. The molecule has 128 valence electrons. The molecule has 1 aromatic rings. The molecule has 1 unspecified atom stereocenters. The monoisotopic (exact) mass is 403 g/mol. The van der Waals surface area contributed by atoms with Crippen molar-refractivity contribution < 1.29 is 31.1 Å². The molecular formula is C14H12BrF6NO. The third-order valence-corrected chi connectivity index (χ3v) is 4.39. The molecule has 0 aliphatic carbocycles. The number of benzene rings is 1. The van der Waals surface area contributed by atoms with E-state index in [0.717, 1.165) is 17.0 Å². The second-order valence-corrected chi connectivity index (χ2v) is 6.18. The highest BCUT2D eigenvalue weighted by molar-refractivity contribution is 9.10. The van der Waals surface area contributed by atoms with Gasteiger partial charge in [-0.25, -0.2) is 0 Å². The van der Waals surface area contributed by atoms with E-state index in [9.17, 15) is 31.1 Å². The highest BCUT2D eigenvalue weighted by Gasteiger charge is 2.43. The summed E-state index contributed by atoms with van der Waals surface area (Å²) in [5.41, 5.74) is -1.31. The fraction of sp³-hybridized carbons (Fsp3) is 0.500. The second-order valence-electron chi connectivity index (χ2n) is 5.32. The van der Waals surface area contributed by atoms with Crippen LogP contribution in [0.2, 0.25) is 0 Å². The molecule has 1 aliphatic heterocycles. The minimum Gasteiger partial charge on any atom is -0.338 e. The number of amides is 1. The smallest absolute Gasteiger partial charge is 0.338 e. The van der Waals surface area contributed by atoms with E-state index in [0.29, 0.717) is 6.07 Å². The van der Waals surface area contributed by atoms with Crippen LogP contribution in [-0.4, -0.2) is 30.1 Å². The van der Waals surface area contributed by atoms with Crippen LogP contribution >= 0.6 is 15.9 Å². The lowest BCUT2D eigenvalue weighted by molar-refractivity contribution is -0.184. The van der Waals surface area contributed by atoms with Gasteiger partial charge in [0.1, 0.15) is 0 Å². The van der Waals surface area contributed by atoms with E-state index in [1.807, 2.05) is 0 Å². The Bertz CT molecular complexity index is 598. The maximum atomic E-state index is 12.8. The van der Waals surface area contributed by atoms with Crippen LogP contribution in [0.1, 0.15) is 28.8 Å². The number of piperidine rings is 1. The molecule has 2 rings (SSSR count). The molecule has 1 aromatic carbocycles. The van der Waals surface area contributed by atoms with Crippen LogP contribution in [0, 0.1) is 5.92 Å². The molecule has 1 amide bonds. The van der Waals surface area contributed by atoms with Gasteiger partial charge in [0.15, 0.2) is 0 Å². The Kier molecular flexibility index (Phi) is 4.98. The third-order valence-electron chi connectivity index (χ3n) is 3.70. The van der Waals surface area contributed by atoms with E-state index in [1.54, 1.807) is 0 Å². The van der Waals surface area contributed by atoms with Crippen molar-refractivity contribution in [2.45, 2.75) is 25.2 Å². The lowest BCUT2D eigenvalue weighted by Crippen LogP contribution is -2.44. The first-order valence-electron chi connectivity index (χ1n) is 6.73. The van der Waals surface area contributed by atoms with Crippen LogP contribution < -0.4 is 0 Å². The molecule has 1 saturated heterocycles. The highest BCUT2D eigenvalue weighted by atomic mass is 79.9.